The van der Waals surface area contributed by atoms with Crippen LogP contribution in [0.2, 0.25) is 0 Å². The molecule has 2 aromatic rings. The normalized spacial score (nSPS) is 10.9. The van der Waals surface area contributed by atoms with Crippen LogP contribution in [0.5, 0.6) is 28.7 Å². The van der Waals surface area contributed by atoms with Crippen molar-refractivity contribution in [3.05, 3.63) is 41.5 Å². The zero-order valence-electron chi connectivity index (χ0n) is 15.9. The largest absolute Gasteiger partial charge is 0.497 e. The molecule has 0 saturated heterocycles. The number of hydrogen-bond acceptors (Lipinski definition) is 6. The molecule has 0 radical (unpaired) electrons. The van der Waals surface area contributed by atoms with Gasteiger partial charge in [-0.25, -0.2) is 4.79 Å². The Morgan fingerprint density at radius 2 is 1.30 bits per heavy atom. The van der Waals surface area contributed by atoms with E-state index < -0.39 is 5.97 Å². The number of aliphatic carboxylic acids is 1. The highest BCUT2D eigenvalue weighted by Crippen LogP contribution is 2.40. The average molecular weight is 374 g/mol. The molecule has 0 saturated carbocycles. The van der Waals surface area contributed by atoms with E-state index in [0.717, 1.165) is 0 Å². The van der Waals surface area contributed by atoms with Crippen molar-refractivity contribution in [2.75, 3.05) is 35.5 Å². The van der Waals surface area contributed by atoms with Gasteiger partial charge >= 0.3 is 5.97 Å². The molecule has 0 heterocycles. The van der Waals surface area contributed by atoms with Gasteiger partial charge in [-0.2, -0.15) is 0 Å². The fourth-order valence-corrected chi connectivity index (χ4v) is 2.58. The van der Waals surface area contributed by atoms with E-state index >= 15 is 0 Å². The zero-order valence-corrected chi connectivity index (χ0v) is 15.9. The first kappa shape index (κ1) is 20.0. The number of benzene rings is 2. The number of carboxylic acid groups (broad SMARTS) is 1. The first-order valence-corrected chi connectivity index (χ1v) is 7.95. The summed E-state index contributed by atoms with van der Waals surface area (Å²) in [4.78, 5) is 11.9. The highest BCUT2D eigenvalue weighted by atomic mass is 16.5. The molecule has 2 rings (SSSR count). The molecule has 0 amide bonds. The summed E-state index contributed by atoms with van der Waals surface area (Å²) >= 11 is 0. The molecule has 0 unspecified atom stereocenters. The average Bonchev–Trinajstić information content (AvgIpc) is 2.70. The Bertz CT molecular complexity index is 808. The molecule has 0 aromatic heterocycles. The minimum absolute atomic E-state index is 0.0459. The molecule has 7 heteroatoms. The fraction of sp³-hybridized carbons (Fsp3) is 0.250. The van der Waals surface area contributed by atoms with Crippen LogP contribution in [0.15, 0.2) is 30.3 Å². The van der Waals surface area contributed by atoms with Crippen molar-refractivity contribution >= 4 is 17.6 Å². The minimum Gasteiger partial charge on any atom is -0.497 e. The number of methoxy groups -OCH3 is 5. The molecular weight excluding hydrogens is 352 g/mol. The minimum atomic E-state index is -1.11. The lowest BCUT2D eigenvalue weighted by Crippen LogP contribution is -2.02. The Morgan fingerprint density at radius 1 is 0.778 bits per heavy atom. The van der Waals surface area contributed by atoms with Crippen LogP contribution in [0, 0.1) is 0 Å². The van der Waals surface area contributed by atoms with E-state index in [0.29, 0.717) is 39.9 Å². The molecule has 0 fully saturated rings. The van der Waals surface area contributed by atoms with Gasteiger partial charge in [0.2, 0.25) is 5.75 Å². The SMILES string of the molecule is COc1cc(/C=C(/C(=O)O)c2cc(OC)c(OC)c(OC)c2)cc(OC)c1. The summed E-state index contributed by atoms with van der Waals surface area (Å²) in [5, 5.41) is 9.75. The Morgan fingerprint density at radius 3 is 1.67 bits per heavy atom. The van der Waals surface area contributed by atoms with Crippen LogP contribution >= 0.6 is 0 Å². The summed E-state index contributed by atoms with van der Waals surface area (Å²) < 4.78 is 26.4. The van der Waals surface area contributed by atoms with E-state index in [4.69, 9.17) is 23.7 Å². The van der Waals surface area contributed by atoms with E-state index in [1.54, 1.807) is 30.3 Å². The second-order valence-electron chi connectivity index (χ2n) is 5.42. The zero-order chi connectivity index (χ0) is 20.0. The van der Waals surface area contributed by atoms with Crippen molar-refractivity contribution in [3.63, 3.8) is 0 Å². The lowest BCUT2D eigenvalue weighted by Gasteiger charge is -2.14. The quantitative estimate of drug-likeness (QED) is 0.560. The van der Waals surface area contributed by atoms with E-state index in [1.165, 1.54) is 41.6 Å². The number of carbonyl (C=O) groups is 1. The van der Waals surface area contributed by atoms with Gasteiger partial charge < -0.3 is 28.8 Å². The third-order valence-corrected chi connectivity index (χ3v) is 3.89. The third-order valence-electron chi connectivity index (χ3n) is 3.89. The molecule has 0 aliphatic heterocycles. The van der Waals surface area contributed by atoms with Crippen molar-refractivity contribution in [1.82, 2.24) is 0 Å². The lowest BCUT2D eigenvalue weighted by atomic mass is 10.0. The Balaban J connectivity index is 2.65. The van der Waals surface area contributed by atoms with E-state index in [1.807, 2.05) is 0 Å². The van der Waals surface area contributed by atoms with Crippen LogP contribution in [0.4, 0.5) is 0 Å². The summed E-state index contributed by atoms with van der Waals surface area (Å²) in [6.45, 7) is 0. The Labute approximate surface area is 157 Å². The number of hydrogen-bond donors (Lipinski definition) is 1. The molecule has 144 valence electrons. The van der Waals surface area contributed by atoms with Gasteiger partial charge in [0.05, 0.1) is 41.1 Å². The van der Waals surface area contributed by atoms with E-state index in [2.05, 4.69) is 0 Å². The predicted molar refractivity (Wildman–Crippen MR) is 101 cm³/mol. The highest BCUT2D eigenvalue weighted by Gasteiger charge is 2.19. The summed E-state index contributed by atoms with van der Waals surface area (Å²) in [6.07, 6.45) is 1.52. The smallest absolute Gasteiger partial charge is 0.336 e. The monoisotopic (exact) mass is 374 g/mol. The van der Waals surface area contributed by atoms with Crippen LogP contribution in [-0.2, 0) is 4.79 Å². The first-order chi connectivity index (χ1) is 13.0. The Kier molecular flexibility index (Phi) is 6.54. The molecular formula is C20H22O7. The maximum atomic E-state index is 11.9. The predicted octanol–water partition coefficient (Wildman–Crippen LogP) is 3.35. The molecule has 2 aromatic carbocycles. The Hall–Kier alpha value is -3.35. The van der Waals surface area contributed by atoms with Crippen molar-refractivity contribution < 1.29 is 33.6 Å². The van der Waals surface area contributed by atoms with Gasteiger partial charge in [-0.05, 0) is 41.5 Å². The maximum Gasteiger partial charge on any atom is 0.336 e. The molecule has 0 aliphatic carbocycles. The number of ether oxygens (including phenoxy) is 5. The maximum absolute atomic E-state index is 11.9. The van der Waals surface area contributed by atoms with Crippen LogP contribution < -0.4 is 23.7 Å². The second kappa shape index (κ2) is 8.84. The fourth-order valence-electron chi connectivity index (χ4n) is 2.58. The van der Waals surface area contributed by atoms with Gasteiger partial charge in [-0.3, -0.25) is 0 Å². The van der Waals surface area contributed by atoms with Crippen LogP contribution in [0.1, 0.15) is 11.1 Å². The van der Waals surface area contributed by atoms with Crippen molar-refractivity contribution in [2.45, 2.75) is 0 Å². The molecule has 7 nitrogen and oxygen atoms in total. The van der Waals surface area contributed by atoms with Crippen molar-refractivity contribution in [1.29, 1.82) is 0 Å². The molecule has 0 atom stereocenters. The topological polar surface area (TPSA) is 83.5 Å². The highest BCUT2D eigenvalue weighted by molar-refractivity contribution is 6.21. The molecule has 0 spiro atoms. The van der Waals surface area contributed by atoms with Crippen LogP contribution in [0.3, 0.4) is 0 Å². The summed E-state index contributed by atoms with van der Waals surface area (Å²) in [5.41, 5.74) is 1.06. The summed E-state index contributed by atoms with van der Waals surface area (Å²) in [5.74, 6) is 1.11. The van der Waals surface area contributed by atoms with Gasteiger partial charge in [0, 0.05) is 6.07 Å². The molecule has 27 heavy (non-hydrogen) atoms. The van der Waals surface area contributed by atoms with Gasteiger partial charge in [-0.1, -0.05) is 0 Å². The van der Waals surface area contributed by atoms with Gasteiger partial charge in [0.1, 0.15) is 11.5 Å². The first-order valence-electron chi connectivity index (χ1n) is 7.95. The van der Waals surface area contributed by atoms with E-state index in [-0.39, 0.29) is 5.57 Å². The van der Waals surface area contributed by atoms with Crippen LogP contribution in [-0.4, -0.2) is 46.6 Å². The van der Waals surface area contributed by atoms with Gasteiger partial charge in [0.15, 0.2) is 11.5 Å². The second-order valence-corrected chi connectivity index (χ2v) is 5.42. The number of rotatable bonds is 8. The summed E-state index contributed by atoms with van der Waals surface area (Å²) in [6, 6.07) is 8.29. The molecule has 0 bridgehead atoms. The van der Waals surface area contributed by atoms with Crippen molar-refractivity contribution in [2.24, 2.45) is 0 Å². The number of carboxylic acids is 1. The third kappa shape index (κ3) is 4.44. The summed E-state index contributed by atoms with van der Waals surface area (Å²) in [7, 11) is 7.48. The van der Waals surface area contributed by atoms with Crippen molar-refractivity contribution in [3.8, 4) is 28.7 Å². The standard InChI is InChI=1S/C20H22O7/c1-23-14-6-12(7-15(11-14)24-2)8-16(20(21)22)13-9-17(25-3)19(27-5)18(10-13)26-4/h6-11H,1-5H3,(H,21,22)/b16-8+. The lowest BCUT2D eigenvalue weighted by molar-refractivity contribution is -0.130. The molecule has 0 aliphatic rings. The molecule has 1 N–H and O–H groups in total. The van der Waals surface area contributed by atoms with Crippen LogP contribution in [0.25, 0.3) is 11.6 Å². The van der Waals surface area contributed by atoms with E-state index in [9.17, 15) is 9.90 Å². The van der Waals surface area contributed by atoms with Gasteiger partial charge in [-0.15, -0.1) is 0 Å². The van der Waals surface area contributed by atoms with Gasteiger partial charge in [0.25, 0.3) is 0 Å².